The van der Waals surface area contributed by atoms with E-state index in [0.717, 1.165) is 19.4 Å². The predicted octanol–water partition coefficient (Wildman–Crippen LogP) is 2.74. The van der Waals surface area contributed by atoms with Crippen molar-refractivity contribution in [2.45, 2.75) is 44.1 Å². The van der Waals surface area contributed by atoms with Crippen molar-refractivity contribution in [1.29, 1.82) is 0 Å². The van der Waals surface area contributed by atoms with Gasteiger partial charge in [0, 0.05) is 40.8 Å². The molecule has 2 heterocycles. The number of benzene rings is 2. The number of nitrogens with two attached hydrogens (primary N) is 1. The zero-order valence-corrected chi connectivity index (χ0v) is 18.9. The van der Waals surface area contributed by atoms with Gasteiger partial charge in [-0.3, -0.25) is 9.79 Å². The van der Waals surface area contributed by atoms with Gasteiger partial charge < -0.3 is 21.1 Å². The summed E-state index contributed by atoms with van der Waals surface area (Å²) in [6, 6.07) is 10.4. The lowest BCUT2D eigenvalue weighted by atomic mass is 9.88. The van der Waals surface area contributed by atoms with E-state index in [1.807, 2.05) is 0 Å². The minimum atomic E-state index is -0.994. The van der Waals surface area contributed by atoms with E-state index in [2.05, 4.69) is 5.32 Å². The Hall–Kier alpha value is -2.32. The molecular weight excluding hydrogens is 431 g/mol. The molecule has 2 aromatic rings. The number of aliphatic hydroxyl groups is 1. The third-order valence-corrected chi connectivity index (χ3v) is 6.76. The summed E-state index contributed by atoms with van der Waals surface area (Å²) in [5.74, 6) is -1.42. The topological polar surface area (TPSA) is 91.0 Å². The number of Topliss-reactive ketones (excluding diaryl/α,β-unsaturated/α-hetero) is 1. The number of carbonyl (C=O) groups excluding carboxylic acids is 1. The van der Waals surface area contributed by atoms with E-state index in [1.54, 1.807) is 55.3 Å². The van der Waals surface area contributed by atoms with E-state index < -0.39 is 30.0 Å². The maximum atomic E-state index is 14.8. The molecule has 0 spiro atoms. The number of benzodiazepines with no additional fused rings is 1. The molecule has 0 aliphatic carbocycles. The number of aliphatic hydroxyl groups excluding tert-OH is 1. The molecule has 0 bridgehead atoms. The molecule has 170 valence electrons. The van der Waals surface area contributed by atoms with Crippen LogP contribution in [0.4, 0.5) is 10.1 Å². The molecule has 0 amide bonds. The first-order valence-corrected chi connectivity index (χ1v) is 11.2. The predicted molar refractivity (Wildman–Crippen MR) is 125 cm³/mol. The van der Waals surface area contributed by atoms with Crippen LogP contribution in [0, 0.1) is 11.7 Å². The zero-order chi connectivity index (χ0) is 23.0. The van der Waals surface area contributed by atoms with Gasteiger partial charge in [0.1, 0.15) is 18.0 Å². The van der Waals surface area contributed by atoms with Gasteiger partial charge in [-0.1, -0.05) is 30.7 Å². The summed E-state index contributed by atoms with van der Waals surface area (Å²) in [6.45, 7) is 2.52. The van der Waals surface area contributed by atoms with Gasteiger partial charge in [-0.25, -0.2) is 4.39 Å². The number of ketones is 1. The van der Waals surface area contributed by atoms with Gasteiger partial charge >= 0.3 is 0 Å². The number of nitrogens with zero attached hydrogens (tertiary/aromatic N) is 2. The Morgan fingerprint density at radius 3 is 2.75 bits per heavy atom. The maximum absolute atomic E-state index is 14.8. The second kappa shape index (κ2) is 9.27. The highest BCUT2D eigenvalue weighted by Crippen LogP contribution is 2.32. The summed E-state index contributed by atoms with van der Waals surface area (Å²) in [5.41, 5.74) is 8.40. The summed E-state index contributed by atoms with van der Waals surface area (Å²) in [6.07, 6.45) is 0.121. The fourth-order valence-electron chi connectivity index (χ4n) is 4.55. The molecule has 4 rings (SSSR count). The standard InChI is InChI=1S/C24H28ClFN4O2/c1-13(22(31)18-8-5-11-28-18)23(32)21-24(27)30(2)19-10-9-14(25)12-16(19)20(29-21)15-6-3-4-7-17(15)26/h3-4,6-7,9-10,12-13,18,21-22,24,28,31H,5,8,11,27H2,1-2H3/t13?,18-,21?,22?,24?/m1/s1. The molecule has 32 heavy (non-hydrogen) atoms. The molecule has 0 saturated carbocycles. The van der Waals surface area contributed by atoms with E-state index in [1.165, 1.54) is 6.07 Å². The molecule has 2 aromatic carbocycles. The Morgan fingerprint density at radius 1 is 1.31 bits per heavy atom. The van der Waals surface area contributed by atoms with Crippen molar-refractivity contribution >= 4 is 28.8 Å². The number of halogens is 2. The Kier molecular flexibility index (Phi) is 6.62. The Labute approximate surface area is 192 Å². The smallest absolute Gasteiger partial charge is 0.166 e. The molecule has 4 unspecified atom stereocenters. The molecule has 6 nitrogen and oxygen atoms in total. The summed E-state index contributed by atoms with van der Waals surface area (Å²) < 4.78 is 14.8. The van der Waals surface area contributed by atoms with Crippen LogP contribution < -0.4 is 16.0 Å². The molecule has 1 fully saturated rings. The number of carbonyl (C=O) groups is 1. The van der Waals surface area contributed by atoms with Gasteiger partial charge in [0.2, 0.25) is 0 Å². The van der Waals surface area contributed by atoms with Crippen molar-refractivity contribution in [3.63, 3.8) is 0 Å². The highest BCUT2D eigenvalue weighted by atomic mass is 35.5. The van der Waals surface area contributed by atoms with Crippen LogP contribution >= 0.6 is 11.6 Å². The van der Waals surface area contributed by atoms with Crippen molar-refractivity contribution < 1.29 is 14.3 Å². The Morgan fingerprint density at radius 2 is 2.06 bits per heavy atom. The van der Waals surface area contributed by atoms with Crippen LogP contribution in [0.5, 0.6) is 0 Å². The molecule has 8 heteroatoms. The van der Waals surface area contributed by atoms with E-state index in [9.17, 15) is 14.3 Å². The summed E-state index contributed by atoms with van der Waals surface area (Å²) >= 11 is 6.26. The minimum absolute atomic E-state index is 0.139. The van der Waals surface area contributed by atoms with Gasteiger partial charge in [-0.15, -0.1) is 0 Å². The van der Waals surface area contributed by atoms with Crippen LogP contribution in [0.25, 0.3) is 0 Å². The van der Waals surface area contributed by atoms with Crippen molar-refractivity contribution in [2.75, 3.05) is 18.5 Å². The van der Waals surface area contributed by atoms with Gasteiger partial charge in [-0.2, -0.15) is 0 Å². The molecule has 1 saturated heterocycles. The molecule has 0 radical (unpaired) electrons. The van der Waals surface area contributed by atoms with E-state index in [0.29, 0.717) is 22.0 Å². The van der Waals surface area contributed by atoms with Crippen molar-refractivity contribution in [2.24, 2.45) is 16.6 Å². The Balaban J connectivity index is 1.80. The fraction of sp³-hybridized carbons (Fsp3) is 0.417. The fourth-order valence-corrected chi connectivity index (χ4v) is 4.72. The number of likely N-dealkylation sites (N-methyl/N-ethyl adjacent to an activating group) is 1. The number of aliphatic imine (C=N–C) groups is 1. The lowest BCUT2D eigenvalue weighted by molar-refractivity contribution is -0.127. The van der Waals surface area contributed by atoms with Crippen molar-refractivity contribution in [3.05, 3.63) is 64.4 Å². The van der Waals surface area contributed by atoms with Crippen LogP contribution in [-0.2, 0) is 4.79 Å². The minimum Gasteiger partial charge on any atom is -0.391 e. The van der Waals surface area contributed by atoms with E-state index in [-0.39, 0.29) is 17.4 Å². The number of nitrogens with one attached hydrogen (secondary N) is 1. The van der Waals surface area contributed by atoms with Gasteiger partial charge in [0.05, 0.1) is 11.8 Å². The summed E-state index contributed by atoms with van der Waals surface area (Å²) in [4.78, 5) is 20.0. The monoisotopic (exact) mass is 458 g/mol. The highest BCUT2D eigenvalue weighted by Gasteiger charge is 2.40. The summed E-state index contributed by atoms with van der Waals surface area (Å²) in [7, 11) is 1.77. The molecule has 0 aromatic heterocycles. The molecule has 5 atom stereocenters. The lowest BCUT2D eigenvalue weighted by Gasteiger charge is -2.32. The first-order chi connectivity index (χ1) is 15.3. The summed E-state index contributed by atoms with van der Waals surface area (Å²) in [5, 5.41) is 14.5. The number of anilines is 1. The number of hydrogen-bond acceptors (Lipinski definition) is 6. The van der Waals surface area contributed by atoms with Crippen LogP contribution in [-0.4, -0.2) is 54.5 Å². The van der Waals surface area contributed by atoms with Gasteiger partial charge in [0.15, 0.2) is 5.78 Å². The first-order valence-electron chi connectivity index (χ1n) is 10.9. The third kappa shape index (κ3) is 4.18. The maximum Gasteiger partial charge on any atom is 0.166 e. The van der Waals surface area contributed by atoms with Gasteiger partial charge in [-0.05, 0) is 49.7 Å². The normalized spacial score (nSPS) is 25.0. The van der Waals surface area contributed by atoms with E-state index in [4.69, 9.17) is 22.3 Å². The quantitative estimate of drug-likeness (QED) is 0.641. The molecule has 2 aliphatic heterocycles. The van der Waals surface area contributed by atoms with Gasteiger partial charge in [0.25, 0.3) is 0 Å². The lowest BCUT2D eigenvalue weighted by Crippen LogP contribution is -2.54. The molecule has 2 aliphatic rings. The second-order valence-corrected chi connectivity index (χ2v) is 8.99. The SMILES string of the molecule is CC(C(=O)C1N=C(c2ccccc2F)c2cc(Cl)ccc2N(C)C1N)C(O)[C@H]1CCCN1. The number of hydrogen-bond donors (Lipinski definition) is 3. The average Bonchev–Trinajstić information content (AvgIpc) is 3.30. The highest BCUT2D eigenvalue weighted by molar-refractivity contribution is 6.31. The number of fused-ring (bicyclic) bond motifs is 1. The van der Waals surface area contributed by atoms with Crippen LogP contribution in [0.2, 0.25) is 5.02 Å². The zero-order valence-electron chi connectivity index (χ0n) is 18.1. The number of rotatable bonds is 5. The van der Waals surface area contributed by atoms with Crippen LogP contribution in [0.15, 0.2) is 47.5 Å². The average molecular weight is 459 g/mol. The van der Waals surface area contributed by atoms with Crippen molar-refractivity contribution in [3.8, 4) is 0 Å². The van der Waals surface area contributed by atoms with E-state index >= 15 is 0 Å². The Bertz CT molecular complexity index is 1040. The van der Waals surface area contributed by atoms with Crippen molar-refractivity contribution in [1.82, 2.24) is 5.32 Å². The van der Waals surface area contributed by atoms with Crippen LogP contribution in [0.1, 0.15) is 30.9 Å². The second-order valence-electron chi connectivity index (χ2n) is 8.55. The molecule has 4 N–H and O–H groups in total. The third-order valence-electron chi connectivity index (χ3n) is 6.52. The first kappa shape index (κ1) is 22.9. The molecular formula is C24H28ClFN4O2. The largest absolute Gasteiger partial charge is 0.391 e. The van der Waals surface area contributed by atoms with Crippen LogP contribution in [0.3, 0.4) is 0 Å².